The quantitative estimate of drug-likeness (QED) is 0.614. The zero-order chi connectivity index (χ0) is 15.0. The van der Waals surface area contributed by atoms with E-state index in [-0.39, 0.29) is 0 Å². The fraction of sp³-hybridized carbons (Fsp3) is 0.200. The van der Waals surface area contributed by atoms with E-state index in [4.69, 9.17) is 0 Å². The Kier molecular flexibility index (Phi) is 3.42. The zero-order valence-electron chi connectivity index (χ0n) is 13.1. The van der Waals surface area contributed by atoms with Crippen LogP contribution in [-0.2, 0) is 0 Å². The first-order chi connectivity index (χ1) is 10.1. The minimum absolute atomic E-state index is 1.21. The van der Waals surface area contributed by atoms with Crippen LogP contribution in [-0.4, -0.2) is 4.98 Å². The topological polar surface area (TPSA) is 15.8 Å². The highest BCUT2D eigenvalue weighted by Gasteiger charge is 2.12. The lowest BCUT2D eigenvalue weighted by Gasteiger charge is -2.11. The van der Waals surface area contributed by atoms with Gasteiger partial charge in [-0.15, -0.1) is 0 Å². The van der Waals surface area contributed by atoms with Gasteiger partial charge in [0, 0.05) is 16.6 Å². The third-order valence-corrected chi connectivity index (χ3v) is 4.45. The standard InChI is InChI=1S/C20H21N/c1-13-9-5-6-10-17(13)14(2)15(3)20-16(4)18-11-7-8-12-19(18)21-20/h5-12,21H,1-4H3/b15-14+. The van der Waals surface area contributed by atoms with Crippen LogP contribution in [0.25, 0.3) is 22.0 Å². The average Bonchev–Trinajstić information content (AvgIpc) is 2.84. The van der Waals surface area contributed by atoms with Crippen molar-refractivity contribution >= 4 is 22.0 Å². The number of hydrogen-bond acceptors (Lipinski definition) is 0. The molecule has 1 heteroatoms. The van der Waals surface area contributed by atoms with Gasteiger partial charge >= 0.3 is 0 Å². The molecule has 1 nitrogen and oxygen atoms in total. The predicted molar refractivity (Wildman–Crippen MR) is 92.4 cm³/mol. The molecule has 1 aromatic heterocycles. The summed E-state index contributed by atoms with van der Waals surface area (Å²) in [4.78, 5) is 3.58. The number of aromatic amines is 1. The lowest BCUT2D eigenvalue weighted by molar-refractivity contribution is 1.32. The van der Waals surface area contributed by atoms with E-state index in [1.165, 1.54) is 44.4 Å². The molecule has 0 radical (unpaired) electrons. The van der Waals surface area contributed by atoms with E-state index in [0.717, 1.165) is 0 Å². The molecular weight excluding hydrogens is 254 g/mol. The first-order valence-electron chi connectivity index (χ1n) is 7.40. The normalized spacial score (nSPS) is 12.6. The number of hydrogen-bond donors (Lipinski definition) is 1. The number of nitrogens with one attached hydrogen (secondary N) is 1. The van der Waals surface area contributed by atoms with Crippen molar-refractivity contribution in [2.24, 2.45) is 0 Å². The summed E-state index contributed by atoms with van der Waals surface area (Å²) < 4.78 is 0. The number of rotatable bonds is 2. The second-order valence-corrected chi connectivity index (χ2v) is 5.74. The molecule has 1 N–H and O–H groups in total. The first-order valence-corrected chi connectivity index (χ1v) is 7.40. The van der Waals surface area contributed by atoms with Crippen molar-refractivity contribution in [3.63, 3.8) is 0 Å². The maximum atomic E-state index is 3.58. The van der Waals surface area contributed by atoms with Crippen LogP contribution in [0.2, 0.25) is 0 Å². The molecule has 0 atom stereocenters. The molecule has 0 saturated heterocycles. The molecule has 0 unspecified atom stereocenters. The van der Waals surface area contributed by atoms with Gasteiger partial charge in [0.05, 0.1) is 0 Å². The van der Waals surface area contributed by atoms with Crippen LogP contribution in [0.4, 0.5) is 0 Å². The molecule has 0 bridgehead atoms. The predicted octanol–water partition coefficient (Wildman–Crippen LogP) is 5.74. The molecule has 0 aliphatic heterocycles. The molecule has 1 heterocycles. The number of H-pyrrole nitrogens is 1. The number of aryl methyl sites for hydroxylation is 2. The Bertz CT molecular complexity index is 834. The average molecular weight is 275 g/mol. The van der Waals surface area contributed by atoms with Crippen LogP contribution in [0.3, 0.4) is 0 Å². The Morgan fingerprint density at radius 1 is 0.810 bits per heavy atom. The molecule has 2 aromatic carbocycles. The third-order valence-electron chi connectivity index (χ3n) is 4.45. The highest BCUT2D eigenvalue weighted by molar-refractivity contribution is 5.95. The number of para-hydroxylation sites is 1. The van der Waals surface area contributed by atoms with Crippen LogP contribution in [0.15, 0.2) is 48.5 Å². The molecule has 0 saturated carbocycles. The van der Waals surface area contributed by atoms with E-state index < -0.39 is 0 Å². The maximum Gasteiger partial charge on any atom is 0.0461 e. The molecule has 0 aliphatic rings. The molecule has 21 heavy (non-hydrogen) atoms. The Hall–Kier alpha value is -2.28. The Morgan fingerprint density at radius 2 is 1.48 bits per heavy atom. The summed E-state index contributed by atoms with van der Waals surface area (Å²) in [5.41, 5.74) is 9.09. The van der Waals surface area contributed by atoms with Crippen molar-refractivity contribution in [3.05, 3.63) is 70.9 Å². The monoisotopic (exact) mass is 275 g/mol. The summed E-state index contributed by atoms with van der Waals surface area (Å²) in [5.74, 6) is 0. The molecule has 106 valence electrons. The number of aromatic nitrogens is 1. The van der Waals surface area contributed by atoms with Gasteiger partial charge in [0.15, 0.2) is 0 Å². The fourth-order valence-electron chi connectivity index (χ4n) is 3.04. The summed E-state index contributed by atoms with van der Waals surface area (Å²) in [7, 11) is 0. The van der Waals surface area contributed by atoms with E-state index in [9.17, 15) is 0 Å². The van der Waals surface area contributed by atoms with Crippen molar-refractivity contribution in [2.45, 2.75) is 27.7 Å². The largest absolute Gasteiger partial charge is 0.355 e. The highest BCUT2D eigenvalue weighted by Crippen LogP contribution is 2.32. The molecule has 0 fully saturated rings. The van der Waals surface area contributed by atoms with Crippen molar-refractivity contribution in [1.82, 2.24) is 4.98 Å². The van der Waals surface area contributed by atoms with Gasteiger partial charge in [-0.05, 0) is 61.6 Å². The molecule has 3 aromatic rings. The lowest BCUT2D eigenvalue weighted by atomic mass is 9.95. The molecule has 3 rings (SSSR count). The SMILES string of the molecule is C/C(=C(/C)c1[nH]c2ccccc2c1C)c1ccccc1C. The van der Waals surface area contributed by atoms with E-state index in [1.54, 1.807) is 0 Å². The molecular formula is C20H21N. The summed E-state index contributed by atoms with van der Waals surface area (Å²) in [6, 6.07) is 17.1. The van der Waals surface area contributed by atoms with Gasteiger partial charge in [0.1, 0.15) is 0 Å². The van der Waals surface area contributed by atoms with E-state index >= 15 is 0 Å². The Morgan fingerprint density at radius 3 is 2.19 bits per heavy atom. The van der Waals surface area contributed by atoms with E-state index in [2.05, 4.69) is 81.2 Å². The summed E-state index contributed by atoms with van der Waals surface area (Å²) >= 11 is 0. The van der Waals surface area contributed by atoms with Gasteiger partial charge in [-0.3, -0.25) is 0 Å². The van der Waals surface area contributed by atoms with Crippen molar-refractivity contribution in [1.29, 1.82) is 0 Å². The van der Waals surface area contributed by atoms with Gasteiger partial charge in [-0.2, -0.15) is 0 Å². The smallest absolute Gasteiger partial charge is 0.0461 e. The van der Waals surface area contributed by atoms with Crippen LogP contribution >= 0.6 is 0 Å². The number of allylic oxidation sites excluding steroid dienone is 2. The summed E-state index contributed by atoms with van der Waals surface area (Å²) in [6.07, 6.45) is 0. The van der Waals surface area contributed by atoms with Crippen molar-refractivity contribution in [3.8, 4) is 0 Å². The second kappa shape index (κ2) is 5.25. The highest BCUT2D eigenvalue weighted by atomic mass is 14.7. The van der Waals surface area contributed by atoms with Gasteiger partial charge in [0.2, 0.25) is 0 Å². The minimum atomic E-state index is 1.21. The van der Waals surface area contributed by atoms with Gasteiger partial charge in [0.25, 0.3) is 0 Å². The van der Waals surface area contributed by atoms with Gasteiger partial charge < -0.3 is 4.98 Å². The summed E-state index contributed by atoms with van der Waals surface area (Å²) in [6.45, 7) is 8.79. The summed E-state index contributed by atoms with van der Waals surface area (Å²) in [5, 5.41) is 1.31. The Balaban J connectivity index is 2.20. The maximum absolute atomic E-state index is 3.58. The third kappa shape index (κ3) is 2.29. The second-order valence-electron chi connectivity index (χ2n) is 5.74. The number of benzene rings is 2. The van der Waals surface area contributed by atoms with Crippen molar-refractivity contribution in [2.75, 3.05) is 0 Å². The van der Waals surface area contributed by atoms with Gasteiger partial charge in [-0.25, -0.2) is 0 Å². The van der Waals surface area contributed by atoms with Crippen LogP contribution < -0.4 is 0 Å². The van der Waals surface area contributed by atoms with Crippen LogP contribution in [0, 0.1) is 13.8 Å². The molecule has 0 aliphatic carbocycles. The van der Waals surface area contributed by atoms with E-state index in [0.29, 0.717) is 0 Å². The Labute approximate surface area is 126 Å². The van der Waals surface area contributed by atoms with E-state index in [1.807, 2.05) is 0 Å². The zero-order valence-corrected chi connectivity index (χ0v) is 13.1. The van der Waals surface area contributed by atoms with Gasteiger partial charge in [-0.1, -0.05) is 42.5 Å². The minimum Gasteiger partial charge on any atom is -0.355 e. The van der Waals surface area contributed by atoms with Crippen molar-refractivity contribution < 1.29 is 0 Å². The lowest BCUT2D eigenvalue weighted by Crippen LogP contribution is -1.91. The number of fused-ring (bicyclic) bond motifs is 1. The first kappa shape index (κ1) is 13.7. The van der Waals surface area contributed by atoms with Crippen LogP contribution in [0.5, 0.6) is 0 Å². The molecule has 0 amide bonds. The van der Waals surface area contributed by atoms with Crippen LogP contribution in [0.1, 0.15) is 36.2 Å². The fourth-order valence-corrected chi connectivity index (χ4v) is 3.04. The molecule has 0 spiro atoms.